The third kappa shape index (κ3) is 2.34. The average Bonchev–Trinajstić information content (AvgIpc) is 3.37. The molecule has 26 heavy (non-hydrogen) atoms. The summed E-state index contributed by atoms with van der Waals surface area (Å²) in [7, 11) is -1.39. The lowest BCUT2D eigenvalue weighted by Gasteiger charge is -2.16. The molecular weight excluding hydrogens is 350 g/mol. The molecule has 1 aromatic carbocycles. The van der Waals surface area contributed by atoms with Crippen molar-refractivity contribution in [3.8, 4) is 11.3 Å². The van der Waals surface area contributed by atoms with Crippen molar-refractivity contribution in [1.82, 2.24) is 14.7 Å². The molecule has 1 saturated heterocycles. The first-order valence-electron chi connectivity index (χ1n) is 8.64. The van der Waals surface area contributed by atoms with Gasteiger partial charge in [0.25, 0.3) is 0 Å². The fraction of sp³-hybridized carbons (Fsp3) is 0.316. The number of likely N-dealkylation sites (tertiary alicyclic amines) is 1. The van der Waals surface area contributed by atoms with Gasteiger partial charge in [-0.3, -0.25) is 9.58 Å². The first-order chi connectivity index (χ1) is 12.5. The molecule has 2 aliphatic rings. The molecule has 5 rings (SSSR count). The monoisotopic (exact) mass is 369 g/mol. The number of hydrogen-bond acceptors (Lipinski definition) is 5. The number of aromatic nitrogens is 2. The Morgan fingerprint density at radius 3 is 2.88 bits per heavy atom. The minimum atomic E-state index is -3.28. The first kappa shape index (κ1) is 15.8. The van der Waals surface area contributed by atoms with E-state index in [-0.39, 0.29) is 11.2 Å². The van der Waals surface area contributed by atoms with Crippen molar-refractivity contribution in [2.45, 2.75) is 22.6 Å². The average molecular weight is 369 g/mol. The van der Waals surface area contributed by atoms with Gasteiger partial charge in [0.15, 0.2) is 9.84 Å². The van der Waals surface area contributed by atoms with Crippen molar-refractivity contribution < 1.29 is 12.8 Å². The van der Waals surface area contributed by atoms with E-state index in [0.29, 0.717) is 11.4 Å². The van der Waals surface area contributed by atoms with Crippen LogP contribution in [-0.2, 0) is 23.4 Å². The van der Waals surface area contributed by atoms with Gasteiger partial charge in [-0.25, -0.2) is 8.42 Å². The van der Waals surface area contributed by atoms with Crippen molar-refractivity contribution in [1.29, 1.82) is 0 Å². The standard InChI is InChI=1S/C19H19N3O3S/c1-21-9-13(8-20-21)10-22-11-16-15-7-14(17-3-2-6-25-17)4-5-18(15)26(23,24)19(16)12-22/h2-9,16,19H,10-12H2,1H3/t16-,19+/m1/s1. The van der Waals surface area contributed by atoms with Crippen molar-refractivity contribution in [2.75, 3.05) is 13.1 Å². The smallest absolute Gasteiger partial charge is 0.183 e. The van der Waals surface area contributed by atoms with E-state index in [1.54, 1.807) is 17.0 Å². The van der Waals surface area contributed by atoms with Gasteiger partial charge < -0.3 is 4.42 Å². The maximum absolute atomic E-state index is 13.0. The molecule has 7 heteroatoms. The summed E-state index contributed by atoms with van der Waals surface area (Å²) in [6.45, 7) is 2.03. The molecule has 0 radical (unpaired) electrons. The van der Waals surface area contributed by atoms with Gasteiger partial charge in [-0.15, -0.1) is 0 Å². The molecular formula is C19H19N3O3S. The summed E-state index contributed by atoms with van der Waals surface area (Å²) in [6.07, 6.45) is 5.45. The first-order valence-corrected chi connectivity index (χ1v) is 10.2. The van der Waals surface area contributed by atoms with Gasteiger partial charge in [0, 0.05) is 49.9 Å². The zero-order valence-electron chi connectivity index (χ0n) is 14.4. The second kappa shape index (κ2) is 5.56. The summed E-state index contributed by atoms with van der Waals surface area (Å²) in [5.41, 5.74) is 2.96. The van der Waals surface area contributed by atoms with Gasteiger partial charge in [-0.2, -0.15) is 5.10 Å². The van der Waals surface area contributed by atoms with Crippen LogP contribution < -0.4 is 0 Å². The number of furan rings is 1. The molecule has 2 atom stereocenters. The van der Waals surface area contributed by atoms with E-state index in [4.69, 9.17) is 4.42 Å². The third-order valence-electron chi connectivity index (χ3n) is 5.43. The van der Waals surface area contributed by atoms with Crippen molar-refractivity contribution in [3.63, 3.8) is 0 Å². The Hall–Kier alpha value is -2.38. The van der Waals surface area contributed by atoms with Crippen LogP contribution in [0.15, 0.2) is 58.3 Å². The van der Waals surface area contributed by atoms with E-state index >= 15 is 0 Å². The fourth-order valence-corrected chi connectivity index (χ4v) is 6.46. The number of rotatable bonds is 3. The minimum absolute atomic E-state index is 0.0154. The predicted octanol–water partition coefficient (Wildman–Crippen LogP) is 2.44. The summed E-state index contributed by atoms with van der Waals surface area (Å²) in [5, 5.41) is 3.84. The Labute approximate surface area is 152 Å². The molecule has 134 valence electrons. The summed E-state index contributed by atoms with van der Waals surface area (Å²) < 4.78 is 33.2. The van der Waals surface area contributed by atoms with E-state index in [1.807, 2.05) is 43.7 Å². The molecule has 2 aliphatic heterocycles. The van der Waals surface area contributed by atoms with Gasteiger partial charge in [-0.1, -0.05) is 0 Å². The molecule has 0 bridgehead atoms. The summed E-state index contributed by atoms with van der Waals surface area (Å²) in [4.78, 5) is 2.70. The second-order valence-corrected chi connectivity index (χ2v) is 9.27. The predicted molar refractivity (Wildman–Crippen MR) is 96.3 cm³/mol. The Balaban J connectivity index is 1.48. The number of sulfone groups is 1. The van der Waals surface area contributed by atoms with Crippen LogP contribution in [0.3, 0.4) is 0 Å². The van der Waals surface area contributed by atoms with Crippen LogP contribution in [0.1, 0.15) is 17.0 Å². The lowest BCUT2D eigenvalue weighted by molar-refractivity contribution is 0.325. The van der Waals surface area contributed by atoms with Crippen molar-refractivity contribution in [3.05, 3.63) is 60.1 Å². The number of benzene rings is 1. The molecule has 0 aliphatic carbocycles. The molecule has 0 unspecified atom stereocenters. The Kier molecular flexibility index (Phi) is 3.39. The summed E-state index contributed by atoms with van der Waals surface area (Å²) >= 11 is 0. The van der Waals surface area contributed by atoms with Crippen molar-refractivity contribution >= 4 is 9.84 Å². The SMILES string of the molecule is Cn1cc(CN2C[C@@H]3c4cc(-c5ccco5)ccc4S(=O)(=O)[C@H]3C2)cn1. The Bertz CT molecular complexity index is 1070. The van der Waals surface area contributed by atoms with Crippen LogP contribution in [-0.4, -0.2) is 41.4 Å². The van der Waals surface area contributed by atoms with Crippen molar-refractivity contribution in [2.24, 2.45) is 7.05 Å². The molecule has 0 spiro atoms. The van der Waals surface area contributed by atoms with Gasteiger partial charge in [0.2, 0.25) is 0 Å². The molecule has 2 aromatic heterocycles. The third-order valence-corrected chi connectivity index (χ3v) is 7.69. The lowest BCUT2D eigenvalue weighted by atomic mass is 9.96. The van der Waals surface area contributed by atoms with E-state index in [2.05, 4.69) is 10.00 Å². The number of hydrogen-bond donors (Lipinski definition) is 0. The highest BCUT2D eigenvalue weighted by Crippen LogP contribution is 2.46. The highest BCUT2D eigenvalue weighted by atomic mass is 32.2. The number of nitrogens with zero attached hydrogens (tertiary/aromatic N) is 3. The van der Waals surface area contributed by atoms with Crippen LogP contribution >= 0.6 is 0 Å². The van der Waals surface area contributed by atoms with E-state index in [1.165, 1.54) is 0 Å². The normalized spacial score (nSPS) is 23.9. The minimum Gasteiger partial charge on any atom is -0.464 e. The maximum Gasteiger partial charge on any atom is 0.183 e. The van der Waals surface area contributed by atoms with Crippen LogP contribution in [0.5, 0.6) is 0 Å². The highest BCUT2D eigenvalue weighted by Gasteiger charge is 2.50. The molecule has 4 heterocycles. The number of fused-ring (bicyclic) bond motifs is 3. The molecule has 0 saturated carbocycles. The number of aryl methyl sites for hydroxylation is 1. The lowest BCUT2D eigenvalue weighted by Crippen LogP contribution is -2.25. The Morgan fingerprint density at radius 1 is 1.27 bits per heavy atom. The Morgan fingerprint density at radius 2 is 2.15 bits per heavy atom. The van der Waals surface area contributed by atoms with Gasteiger partial charge in [0.1, 0.15) is 5.76 Å². The van der Waals surface area contributed by atoms with Crippen LogP contribution in [0, 0.1) is 0 Å². The molecule has 6 nitrogen and oxygen atoms in total. The summed E-state index contributed by atoms with van der Waals surface area (Å²) in [6, 6.07) is 9.30. The van der Waals surface area contributed by atoms with E-state index in [9.17, 15) is 8.42 Å². The van der Waals surface area contributed by atoms with Crippen LogP contribution in [0.4, 0.5) is 0 Å². The summed E-state index contributed by atoms with van der Waals surface area (Å²) in [5.74, 6) is 0.778. The highest BCUT2D eigenvalue weighted by molar-refractivity contribution is 7.92. The van der Waals surface area contributed by atoms with E-state index in [0.717, 1.165) is 35.5 Å². The molecule has 0 amide bonds. The second-order valence-electron chi connectivity index (χ2n) is 7.14. The van der Waals surface area contributed by atoms with Crippen LogP contribution in [0.25, 0.3) is 11.3 Å². The zero-order chi connectivity index (χ0) is 17.9. The maximum atomic E-state index is 13.0. The van der Waals surface area contributed by atoms with Crippen LogP contribution in [0.2, 0.25) is 0 Å². The largest absolute Gasteiger partial charge is 0.464 e. The molecule has 3 aromatic rings. The molecule has 0 N–H and O–H groups in total. The fourth-order valence-electron chi connectivity index (χ4n) is 4.26. The van der Waals surface area contributed by atoms with E-state index < -0.39 is 9.84 Å². The quantitative estimate of drug-likeness (QED) is 0.709. The zero-order valence-corrected chi connectivity index (χ0v) is 15.2. The van der Waals surface area contributed by atoms with Gasteiger partial charge in [0.05, 0.1) is 22.6 Å². The topological polar surface area (TPSA) is 68.3 Å². The molecule has 1 fully saturated rings. The van der Waals surface area contributed by atoms with Gasteiger partial charge >= 0.3 is 0 Å². The van der Waals surface area contributed by atoms with Gasteiger partial charge in [-0.05, 0) is 35.9 Å².